The molecule has 2 heterocycles. The summed E-state index contributed by atoms with van der Waals surface area (Å²) in [4.78, 5) is 9.12. The van der Waals surface area contributed by atoms with Gasteiger partial charge in [-0.2, -0.15) is 0 Å². The number of thiazole rings is 1. The molecule has 17 heavy (non-hydrogen) atoms. The van der Waals surface area contributed by atoms with Crippen LogP contribution >= 0.6 is 11.3 Å². The van der Waals surface area contributed by atoms with Gasteiger partial charge in [0.2, 0.25) is 0 Å². The molecule has 1 unspecified atom stereocenters. The van der Waals surface area contributed by atoms with Crippen LogP contribution in [0.5, 0.6) is 0 Å². The topological polar surface area (TPSA) is 46.0 Å². The summed E-state index contributed by atoms with van der Waals surface area (Å²) < 4.78 is 0. The van der Waals surface area contributed by atoms with E-state index in [-0.39, 0.29) is 0 Å². The predicted molar refractivity (Wildman–Crippen MR) is 67.9 cm³/mol. The molecule has 1 atom stereocenters. The SMILES string of the molecule is OC(c1cncs1)c1cccc2ncccc12. The predicted octanol–water partition coefficient (Wildman–Crippen LogP) is 2.77. The Hall–Kier alpha value is -1.78. The number of benzene rings is 1. The Bertz CT molecular complexity index is 631. The average molecular weight is 242 g/mol. The first kappa shape index (κ1) is 10.4. The second-order valence-corrected chi connectivity index (χ2v) is 4.64. The van der Waals surface area contributed by atoms with Gasteiger partial charge in [0, 0.05) is 17.8 Å². The van der Waals surface area contributed by atoms with E-state index in [2.05, 4.69) is 9.97 Å². The zero-order valence-electron chi connectivity index (χ0n) is 8.95. The van der Waals surface area contributed by atoms with Crippen LogP contribution in [0.4, 0.5) is 0 Å². The van der Waals surface area contributed by atoms with Crippen molar-refractivity contribution in [3.63, 3.8) is 0 Å². The molecule has 0 aliphatic carbocycles. The molecule has 0 radical (unpaired) electrons. The summed E-state index contributed by atoms with van der Waals surface area (Å²) in [5, 5.41) is 11.3. The summed E-state index contributed by atoms with van der Waals surface area (Å²) in [6.07, 6.45) is 2.82. The molecule has 4 heteroatoms. The van der Waals surface area contributed by atoms with Crippen LogP contribution < -0.4 is 0 Å². The van der Waals surface area contributed by atoms with Crippen molar-refractivity contribution in [3.8, 4) is 0 Å². The first-order chi connectivity index (χ1) is 8.36. The number of rotatable bonds is 2. The molecule has 1 N–H and O–H groups in total. The fourth-order valence-electron chi connectivity index (χ4n) is 1.88. The summed E-state index contributed by atoms with van der Waals surface area (Å²) in [7, 11) is 0. The molecule has 3 aromatic rings. The van der Waals surface area contributed by atoms with E-state index in [0.29, 0.717) is 0 Å². The number of hydrogen-bond donors (Lipinski definition) is 1. The van der Waals surface area contributed by atoms with Gasteiger partial charge in [-0.1, -0.05) is 18.2 Å². The highest BCUT2D eigenvalue weighted by Gasteiger charge is 2.14. The van der Waals surface area contributed by atoms with Gasteiger partial charge in [-0.3, -0.25) is 9.97 Å². The van der Waals surface area contributed by atoms with E-state index in [1.807, 2.05) is 30.3 Å². The molecule has 2 aromatic heterocycles. The summed E-state index contributed by atoms with van der Waals surface area (Å²) in [5.41, 5.74) is 3.50. The van der Waals surface area contributed by atoms with Crippen molar-refractivity contribution in [1.82, 2.24) is 9.97 Å². The van der Waals surface area contributed by atoms with Gasteiger partial charge in [0.05, 0.1) is 15.9 Å². The Morgan fingerprint density at radius 3 is 2.94 bits per heavy atom. The lowest BCUT2D eigenvalue weighted by atomic mass is 10.0. The minimum absolute atomic E-state index is 0.629. The van der Waals surface area contributed by atoms with Crippen LogP contribution in [0.15, 0.2) is 48.2 Å². The Morgan fingerprint density at radius 2 is 2.12 bits per heavy atom. The van der Waals surface area contributed by atoms with Crippen molar-refractivity contribution in [2.75, 3.05) is 0 Å². The minimum atomic E-state index is -0.629. The van der Waals surface area contributed by atoms with Crippen LogP contribution in [-0.2, 0) is 0 Å². The molecule has 84 valence electrons. The Balaban J connectivity index is 2.17. The molecule has 0 fully saturated rings. The van der Waals surface area contributed by atoms with Crippen molar-refractivity contribution in [3.05, 3.63) is 58.7 Å². The van der Waals surface area contributed by atoms with Crippen LogP contribution in [-0.4, -0.2) is 15.1 Å². The average Bonchev–Trinajstić information content (AvgIpc) is 2.91. The summed E-state index contributed by atoms with van der Waals surface area (Å²) in [6.45, 7) is 0. The van der Waals surface area contributed by atoms with E-state index in [4.69, 9.17) is 0 Å². The highest BCUT2D eigenvalue weighted by Crippen LogP contribution is 2.29. The van der Waals surface area contributed by atoms with Gasteiger partial charge in [-0.25, -0.2) is 0 Å². The molecule has 0 saturated carbocycles. The quantitative estimate of drug-likeness (QED) is 0.751. The molecule has 3 rings (SSSR count). The standard InChI is InChI=1S/C13H10N2OS/c16-13(12-7-14-8-17-12)10-3-1-5-11-9(10)4-2-6-15-11/h1-8,13,16H. The summed E-state index contributed by atoms with van der Waals surface area (Å²) in [6, 6.07) is 9.63. The third kappa shape index (κ3) is 1.81. The molecule has 0 aliphatic rings. The highest BCUT2D eigenvalue weighted by molar-refractivity contribution is 7.09. The molecule has 1 aromatic carbocycles. The molecular formula is C13H10N2OS. The number of hydrogen-bond acceptors (Lipinski definition) is 4. The van der Waals surface area contributed by atoms with Gasteiger partial charge in [0.25, 0.3) is 0 Å². The monoisotopic (exact) mass is 242 g/mol. The maximum Gasteiger partial charge on any atom is 0.115 e. The molecule has 0 spiro atoms. The van der Waals surface area contributed by atoms with Gasteiger partial charge in [0.1, 0.15) is 6.10 Å². The van der Waals surface area contributed by atoms with E-state index in [1.165, 1.54) is 11.3 Å². The van der Waals surface area contributed by atoms with E-state index in [1.54, 1.807) is 17.9 Å². The maximum atomic E-state index is 10.3. The number of aromatic nitrogens is 2. The third-order valence-electron chi connectivity index (χ3n) is 2.69. The van der Waals surface area contributed by atoms with Crippen molar-refractivity contribution in [2.45, 2.75) is 6.10 Å². The lowest BCUT2D eigenvalue weighted by Crippen LogP contribution is -1.98. The van der Waals surface area contributed by atoms with Crippen LogP contribution in [0.25, 0.3) is 10.9 Å². The zero-order valence-corrected chi connectivity index (χ0v) is 9.76. The van der Waals surface area contributed by atoms with E-state index in [9.17, 15) is 5.11 Å². The third-order valence-corrected chi connectivity index (χ3v) is 3.52. The Morgan fingerprint density at radius 1 is 1.18 bits per heavy atom. The van der Waals surface area contributed by atoms with Crippen molar-refractivity contribution >= 4 is 22.2 Å². The fourth-order valence-corrected chi connectivity index (χ4v) is 2.50. The van der Waals surface area contributed by atoms with Crippen LogP contribution in [0, 0.1) is 0 Å². The first-order valence-corrected chi connectivity index (χ1v) is 6.14. The lowest BCUT2D eigenvalue weighted by molar-refractivity contribution is 0.225. The second-order valence-electron chi connectivity index (χ2n) is 3.72. The fraction of sp³-hybridized carbons (Fsp3) is 0.0769. The number of pyridine rings is 1. The smallest absolute Gasteiger partial charge is 0.115 e. The van der Waals surface area contributed by atoms with Gasteiger partial charge in [-0.15, -0.1) is 11.3 Å². The Labute approximate surface area is 102 Å². The largest absolute Gasteiger partial charge is 0.383 e. The van der Waals surface area contributed by atoms with E-state index < -0.39 is 6.10 Å². The van der Waals surface area contributed by atoms with Crippen LogP contribution in [0.3, 0.4) is 0 Å². The van der Waals surface area contributed by atoms with Gasteiger partial charge in [0.15, 0.2) is 0 Å². The normalized spacial score (nSPS) is 12.8. The Kier molecular flexibility index (Phi) is 2.59. The molecular weight excluding hydrogens is 232 g/mol. The van der Waals surface area contributed by atoms with E-state index in [0.717, 1.165) is 21.3 Å². The van der Waals surface area contributed by atoms with Crippen molar-refractivity contribution < 1.29 is 5.11 Å². The maximum absolute atomic E-state index is 10.3. The van der Waals surface area contributed by atoms with Crippen LogP contribution in [0.1, 0.15) is 16.5 Å². The molecule has 0 saturated heterocycles. The molecule has 0 aliphatic heterocycles. The first-order valence-electron chi connectivity index (χ1n) is 5.26. The number of aliphatic hydroxyl groups is 1. The number of aliphatic hydroxyl groups excluding tert-OH is 1. The van der Waals surface area contributed by atoms with Crippen molar-refractivity contribution in [2.24, 2.45) is 0 Å². The zero-order chi connectivity index (χ0) is 11.7. The molecule has 0 bridgehead atoms. The number of fused-ring (bicyclic) bond motifs is 1. The highest BCUT2D eigenvalue weighted by atomic mass is 32.1. The van der Waals surface area contributed by atoms with Gasteiger partial charge >= 0.3 is 0 Å². The minimum Gasteiger partial charge on any atom is -0.383 e. The summed E-state index contributed by atoms with van der Waals surface area (Å²) in [5.74, 6) is 0. The molecule has 0 amide bonds. The van der Waals surface area contributed by atoms with Gasteiger partial charge < -0.3 is 5.11 Å². The number of nitrogens with zero attached hydrogens (tertiary/aromatic N) is 2. The second kappa shape index (κ2) is 4.24. The van der Waals surface area contributed by atoms with Gasteiger partial charge in [-0.05, 0) is 17.7 Å². The van der Waals surface area contributed by atoms with Crippen LogP contribution in [0.2, 0.25) is 0 Å². The summed E-state index contributed by atoms with van der Waals surface area (Å²) >= 11 is 1.45. The van der Waals surface area contributed by atoms with E-state index >= 15 is 0 Å². The lowest BCUT2D eigenvalue weighted by Gasteiger charge is -2.11. The molecule has 3 nitrogen and oxygen atoms in total. The van der Waals surface area contributed by atoms with Crippen molar-refractivity contribution in [1.29, 1.82) is 0 Å².